The summed E-state index contributed by atoms with van der Waals surface area (Å²) in [6.45, 7) is 2.12. The lowest BCUT2D eigenvalue weighted by atomic mass is 10.1. The Morgan fingerprint density at radius 3 is 2.21 bits per heavy atom. The van der Waals surface area contributed by atoms with Gasteiger partial charge in [-0.3, -0.25) is 9.59 Å². The highest BCUT2D eigenvalue weighted by Gasteiger charge is 2.06. The first-order valence-electron chi connectivity index (χ1n) is 7.87. The van der Waals surface area contributed by atoms with Crippen molar-refractivity contribution in [2.75, 3.05) is 11.1 Å². The molecule has 0 aliphatic carbocycles. The molecule has 0 fully saturated rings. The van der Waals surface area contributed by atoms with Gasteiger partial charge in [0.25, 0.3) is 5.91 Å². The van der Waals surface area contributed by atoms with Gasteiger partial charge in [0.05, 0.1) is 0 Å². The van der Waals surface area contributed by atoms with Crippen molar-refractivity contribution < 1.29 is 14.7 Å². The number of benzene rings is 2. The van der Waals surface area contributed by atoms with Crippen molar-refractivity contribution in [3.8, 4) is 0 Å². The lowest BCUT2D eigenvalue weighted by molar-refractivity contribution is -0.136. The zero-order chi connectivity index (χ0) is 17.4. The number of hydrogen-bond donors (Lipinski definition) is 2. The molecule has 5 heteroatoms. The van der Waals surface area contributed by atoms with Crippen molar-refractivity contribution in [2.45, 2.75) is 25.5 Å². The zero-order valence-electron chi connectivity index (χ0n) is 13.6. The Labute approximate surface area is 146 Å². The molecular formula is C19H21NO3S. The van der Waals surface area contributed by atoms with E-state index < -0.39 is 5.97 Å². The predicted octanol–water partition coefficient (Wildman–Crippen LogP) is 4.21. The normalized spacial score (nSPS) is 10.4. The van der Waals surface area contributed by atoms with Crippen LogP contribution in [0.2, 0.25) is 0 Å². The molecule has 0 aliphatic rings. The Kier molecular flexibility index (Phi) is 6.88. The summed E-state index contributed by atoms with van der Waals surface area (Å²) in [5, 5.41) is 11.5. The summed E-state index contributed by atoms with van der Waals surface area (Å²) in [7, 11) is 0. The maximum absolute atomic E-state index is 12.2. The van der Waals surface area contributed by atoms with Crippen molar-refractivity contribution in [3.63, 3.8) is 0 Å². The molecule has 2 N–H and O–H groups in total. The van der Waals surface area contributed by atoms with Crippen LogP contribution in [0.1, 0.15) is 34.8 Å². The number of aryl methyl sites for hydroxylation is 1. The maximum atomic E-state index is 12.2. The molecule has 0 saturated heterocycles. The van der Waals surface area contributed by atoms with E-state index in [9.17, 15) is 9.59 Å². The van der Waals surface area contributed by atoms with Gasteiger partial charge in [-0.25, -0.2) is 0 Å². The summed E-state index contributed by atoms with van der Waals surface area (Å²) in [5.41, 5.74) is 3.47. The summed E-state index contributed by atoms with van der Waals surface area (Å²) < 4.78 is 0. The summed E-state index contributed by atoms with van der Waals surface area (Å²) in [6, 6.07) is 14.9. The molecule has 2 aromatic rings. The third-order valence-corrected chi connectivity index (χ3v) is 4.47. The Morgan fingerprint density at radius 1 is 1.00 bits per heavy atom. The van der Waals surface area contributed by atoms with Gasteiger partial charge in [0.1, 0.15) is 0 Å². The maximum Gasteiger partial charge on any atom is 0.303 e. The molecular weight excluding hydrogens is 322 g/mol. The van der Waals surface area contributed by atoms with Crippen molar-refractivity contribution >= 4 is 29.3 Å². The van der Waals surface area contributed by atoms with Crippen LogP contribution in [0.15, 0.2) is 48.5 Å². The average molecular weight is 343 g/mol. The Morgan fingerprint density at radius 2 is 1.62 bits per heavy atom. The van der Waals surface area contributed by atoms with Crippen LogP contribution < -0.4 is 5.32 Å². The van der Waals surface area contributed by atoms with Gasteiger partial charge >= 0.3 is 5.97 Å². The molecule has 0 saturated carbocycles. The molecule has 0 spiro atoms. The Bertz CT molecular complexity index is 681. The number of carbonyl (C=O) groups excluding carboxylic acids is 1. The topological polar surface area (TPSA) is 66.4 Å². The van der Waals surface area contributed by atoms with E-state index in [1.165, 1.54) is 5.56 Å². The van der Waals surface area contributed by atoms with Gasteiger partial charge < -0.3 is 10.4 Å². The van der Waals surface area contributed by atoms with Crippen molar-refractivity contribution in [2.24, 2.45) is 0 Å². The highest BCUT2D eigenvalue weighted by atomic mass is 32.2. The number of carboxylic acids is 1. The molecule has 0 aliphatic heterocycles. The fourth-order valence-corrected chi connectivity index (χ4v) is 2.81. The fourth-order valence-electron chi connectivity index (χ4n) is 2.18. The summed E-state index contributed by atoms with van der Waals surface area (Å²) in [6.07, 6.45) is 0.592. The molecule has 0 heterocycles. The van der Waals surface area contributed by atoms with Crippen LogP contribution in [-0.4, -0.2) is 22.7 Å². The number of amides is 1. The van der Waals surface area contributed by atoms with Crippen molar-refractivity contribution in [1.82, 2.24) is 0 Å². The van der Waals surface area contributed by atoms with Gasteiger partial charge in [0.15, 0.2) is 0 Å². The number of aliphatic carboxylic acids is 1. The van der Waals surface area contributed by atoms with Gasteiger partial charge in [0.2, 0.25) is 0 Å². The second-order valence-corrected chi connectivity index (χ2v) is 6.65. The number of nitrogens with one attached hydrogen (secondary N) is 1. The second-order valence-electron chi connectivity index (χ2n) is 5.38. The second kappa shape index (κ2) is 9.13. The first-order chi connectivity index (χ1) is 11.6. The molecule has 0 aromatic heterocycles. The van der Waals surface area contributed by atoms with Crippen LogP contribution in [0, 0.1) is 0 Å². The quantitative estimate of drug-likeness (QED) is 0.753. The first kappa shape index (κ1) is 18.1. The minimum absolute atomic E-state index is 0.106. The number of carbonyl (C=O) groups is 2. The van der Waals surface area contributed by atoms with Gasteiger partial charge in [-0.15, -0.1) is 0 Å². The van der Waals surface area contributed by atoms with E-state index in [0.717, 1.165) is 17.1 Å². The van der Waals surface area contributed by atoms with Crippen molar-refractivity contribution in [3.05, 3.63) is 65.2 Å². The number of carboxylic acid groups (broad SMARTS) is 1. The van der Waals surface area contributed by atoms with Crippen LogP contribution in [0.4, 0.5) is 5.69 Å². The van der Waals surface area contributed by atoms with Gasteiger partial charge in [-0.2, -0.15) is 11.8 Å². The SMILES string of the molecule is CCSCc1ccc(C(=O)Nc2ccc(CCC(=O)O)cc2)cc1. The predicted molar refractivity (Wildman–Crippen MR) is 98.6 cm³/mol. The molecule has 0 radical (unpaired) electrons. The van der Waals surface area contributed by atoms with Gasteiger partial charge in [0, 0.05) is 23.4 Å². The minimum atomic E-state index is -0.812. The monoisotopic (exact) mass is 343 g/mol. The van der Waals surface area contributed by atoms with Crippen LogP contribution in [-0.2, 0) is 17.0 Å². The average Bonchev–Trinajstić information content (AvgIpc) is 2.59. The summed E-state index contributed by atoms with van der Waals surface area (Å²) in [5.74, 6) is 1.07. The zero-order valence-corrected chi connectivity index (χ0v) is 14.4. The van der Waals surface area contributed by atoms with Crippen molar-refractivity contribution in [1.29, 1.82) is 0 Å². The molecule has 2 rings (SSSR count). The number of anilines is 1. The van der Waals surface area contributed by atoms with Crippen LogP contribution in [0.5, 0.6) is 0 Å². The third kappa shape index (κ3) is 5.74. The van der Waals surface area contributed by atoms with E-state index in [-0.39, 0.29) is 12.3 Å². The van der Waals surface area contributed by atoms with Gasteiger partial charge in [-0.1, -0.05) is 31.2 Å². The Balaban J connectivity index is 1.92. The van der Waals surface area contributed by atoms with Gasteiger partial charge in [-0.05, 0) is 47.6 Å². The summed E-state index contributed by atoms with van der Waals surface area (Å²) in [4.78, 5) is 22.8. The summed E-state index contributed by atoms with van der Waals surface area (Å²) >= 11 is 1.85. The van der Waals surface area contributed by atoms with E-state index in [2.05, 4.69) is 12.2 Å². The standard InChI is InChI=1S/C19H21NO3S/c1-2-24-13-15-3-8-16(9-4-15)19(23)20-17-10-5-14(6-11-17)7-12-18(21)22/h3-6,8-11H,2,7,12-13H2,1H3,(H,20,23)(H,21,22). The molecule has 0 unspecified atom stereocenters. The molecule has 126 valence electrons. The van der Waals surface area contributed by atoms with E-state index in [4.69, 9.17) is 5.11 Å². The third-order valence-electron chi connectivity index (χ3n) is 3.53. The lowest BCUT2D eigenvalue weighted by Crippen LogP contribution is -2.11. The molecule has 1 amide bonds. The van der Waals surface area contributed by atoms with Crippen LogP contribution in [0.25, 0.3) is 0 Å². The number of hydrogen-bond acceptors (Lipinski definition) is 3. The largest absolute Gasteiger partial charge is 0.481 e. The van der Waals surface area contributed by atoms with E-state index in [1.54, 1.807) is 12.1 Å². The van der Waals surface area contributed by atoms with Crippen LogP contribution >= 0.6 is 11.8 Å². The molecule has 0 atom stereocenters. The molecule has 4 nitrogen and oxygen atoms in total. The smallest absolute Gasteiger partial charge is 0.303 e. The highest BCUT2D eigenvalue weighted by molar-refractivity contribution is 7.98. The molecule has 0 bridgehead atoms. The van der Waals surface area contributed by atoms with E-state index in [0.29, 0.717) is 17.7 Å². The molecule has 2 aromatic carbocycles. The highest BCUT2D eigenvalue weighted by Crippen LogP contribution is 2.15. The fraction of sp³-hybridized carbons (Fsp3) is 0.263. The van der Waals surface area contributed by atoms with E-state index >= 15 is 0 Å². The Hall–Kier alpha value is -2.27. The van der Waals surface area contributed by atoms with Crippen LogP contribution in [0.3, 0.4) is 0 Å². The minimum Gasteiger partial charge on any atom is -0.481 e. The number of rotatable bonds is 8. The number of thioether (sulfide) groups is 1. The molecule has 24 heavy (non-hydrogen) atoms. The first-order valence-corrected chi connectivity index (χ1v) is 9.02. The lowest BCUT2D eigenvalue weighted by Gasteiger charge is -2.07. The van der Waals surface area contributed by atoms with E-state index in [1.807, 2.05) is 48.2 Å².